The molecule has 1 aliphatic heterocycles. The van der Waals surface area contributed by atoms with Gasteiger partial charge in [0.1, 0.15) is 0 Å². The van der Waals surface area contributed by atoms with Crippen LogP contribution in [0.25, 0.3) is 0 Å². The lowest BCUT2D eigenvalue weighted by atomic mass is 10.1. The second-order valence-corrected chi connectivity index (χ2v) is 5.90. The van der Waals surface area contributed by atoms with Crippen molar-refractivity contribution >= 4 is 35.8 Å². The summed E-state index contributed by atoms with van der Waals surface area (Å²) in [4.78, 5) is 20.8. The Morgan fingerprint density at radius 3 is 2.25 bits per heavy atom. The van der Waals surface area contributed by atoms with Gasteiger partial charge in [-0.25, -0.2) is 4.99 Å². The standard InChI is InChI=1S/C18H28N4O.HI/c1-3-21(4-2)18(19)20-14-15-8-10-16(11-9-15)17(23)22-12-6-5-7-13-22;/h8-11H,3-7,12-14H2,1-2H3,(H2,19,20);1H. The molecule has 1 aromatic carbocycles. The fourth-order valence-corrected chi connectivity index (χ4v) is 2.85. The number of carbonyl (C=O) groups is 1. The van der Waals surface area contributed by atoms with Gasteiger partial charge in [0.2, 0.25) is 0 Å². The smallest absolute Gasteiger partial charge is 0.253 e. The van der Waals surface area contributed by atoms with Gasteiger partial charge in [0, 0.05) is 31.7 Å². The minimum Gasteiger partial charge on any atom is -0.370 e. The predicted molar refractivity (Wildman–Crippen MR) is 110 cm³/mol. The lowest BCUT2D eigenvalue weighted by molar-refractivity contribution is 0.0724. The number of guanidine groups is 1. The summed E-state index contributed by atoms with van der Waals surface area (Å²) in [6.45, 7) is 8.14. The lowest BCUT2D eigenvalue weighted by Crippen LogP contribution is -2.37. The van der Waals surface area contributed by atoms with Crippen molar-refractivity contribution in [1.82, 2.24) is 9.80 Å². The normalized spacial score (nSPS) is 14.9. The fraction of sp³-hybridized carbons (Fsp3) is 0.556. The molecule has 24 heavy (non-hydrogen) atoms. The molecule has 0 unspecified atom stereocenters. The zero-order chi connectivity index (χ0) is 16.7. The van der Waals surface area contributed by atoms with Crippen molar-refractivity contribution in [3.05, 3.63) is 35.4 Å². The predicted octanol–water partition coefficient (Wildman–Crippen LogP) is 3.09. The summed E-state index contributed by atoms with van der Waals surface area (Å²) in [5.41, 5.74) is 7.80. The van der Waals surface area contributed by atoms with Crippen molar-refractivity contribution in [2.24, 2.45) is 10.7 Å². The van der Waals surface area contributed by atoms with E-state index < -0.39 is 0 Å². The van der Waals surface area contributed by atoms with Crippen LogP contribution >= 0.6 is 24.0 Å². The maximum absolute atomic E-state index is 12.4. The van der Waals surface area contributed by atoms with Gasteiger partial charge < -0.3 is 15.5 Å². The number of aliphatic imine (C=N–C) groups is 1. The van der Waals surface area contributed by atoms with E-state index in [1.807, 2.05) is 34.1 Å². The average Bonchev–Trinajstić information content (AvgIpc) is 2.61. The third kappa shape index (κ3) is 5.65. The van der Waals surface area contributed by atoms with Crippen LogP contribution < -0.4 is 5.73 Å². The van der Waals surface area contributed by atoms with Crippen LogP contribution in [0.1, 0.15) is 49.0 Å². The molecule has 0 saturated carbocycles. The van der Waals surface area contributed by atoms with Crippen molar-refractivity contribution in [3.8, 4) is 0 Å². The number of likely N-dealkylation sites (tertiary alicyclic amines) is 1. The van der Waals surface area contributed by atoms with E-state index in [9.17, 15) is 4.79 Å². The number of hydrogen-bond donors (Lipinski definition) is 1. The van der Waals surface area contributed by atoms with Gasteiger partial charge in [0.15, 0.2) is 5.96 Å². The highest BCUT2D eigenvalue weighted by Crippen LogP contribution is 2.14. The van der Waals surface area contributed by atoms with E-state index in [0.29, 0.717) is 12.5 Å². The summed E-state index contributed by atoms with van der Waals surface area (Å²) >= 11 is 0. The first-order valence-corrected chi connectivity index (χ1v) is 8.58. The van der Waals surface area contributed by atoms with E-state index >= 15 is 0 Å². The van der Waals surface area contributed by atoms with E-state index in [2.05, 4.69) is 18.8 Å². The van der Waals surface area contributed by atoms with Gasteiger partial charge in [-0.3, -0.25) is 4.79 Å². The first-order valence-electron chi connectivity index (χ1n) is 8.58. The van der Waals surface area contributed by atoms with Gasteiger partial charge in [-0.1, -0.05) is 12.1 Å². The Labute approximate surface area is 162 Å². The Morgan fingerprint density at radius 1 is 1.12 bits per heavy atom. The van der Waals surface area contributed by atoms with Crippen LogP contribution in [-0.2, 0) is 6.54 Å². The SMILES string of the molecule is CCN(CC)C(N)=NCc1ccc(C(=O)N2CCCCC2)cc1.I. The molecule has 0 radical (unpaired) electrons. The molecule has 1 fully saturated rings. The summed E-state index contributed by atoms with van der Waals surface area (Å²) in [6, 6.07) is 7.73. The van der Waals surface area contributed by atoms with Crippen LogP contribution in [-0.4, -0.2) is 47.8 Å². The second-order valence-electron chi connectivity index (χ2n) is 5.90. The minimum atomic E-state index is 0. The van der Waals surface area contributed by atoms with Gasteiger partial charge in [-0.05, 0) is 50.8 Å². The second kappa shape index (κ2) is 10.5. The summed E-state index contributed by atoms with van der Waals surface area (Å²) in [5, 5.41) is 0. The number of nitrogens with two attached hydrogens (primary N) is 1. The Bertz CT molecular complexity index is 534. The summed E-state index contributed by atoms with van der Waals surface area (Å²) in [7, 11) is 0. The Hall–Kier alpha value is -1.31. The molecule has 1 heterocycles. The molecule has 6 heteroatoms. The third-order valence-corrected chi connectivity index (χ3v) is 4.36. The number of nitrogens with zero attached hydrogens (tertiary/aromatic N) is 3. The number of hydrogen-bond acceptors (Lipinski definition) is 2. The quantitative estimate of drug-likeness (QED) is 0.432. The van der Waals surface area contributed by atoms with Crippen molar-refractivity contribution in [2.75, 3.05) is 26.2 Å². The molecule has 1 amide bonds. The number of halogens is 1. The molecular formula is C18H29IN4O. The molecule has 0 aromatic heterocycles. The van der Waals surface area contributed by atoms with Crippen LogP contribution in [0.5, 0.6) is 0 Å². The first kappa shape index (κ1) is 20.7. The Morgan fingerprint density at radius 2 is 1.71 bits per heavy atom. The van der Waals surface area contributed by atoms with Gasteiger partial charge in [0.25, 0.3) is 5.91 Å². The van der Waals surface area contributed by atoms with Crippen molar-refractivity contribution in [2.45, 2.75) is 39.7 Å². The highest BCUT2D eigenvalue weighted by molar-refractivity contribution is 14.0. The zero-order valence-corrected chi connectivity index (χ0v) is 17.0. The topological polar surface area (TPSA) is 61.9 Å². The molecule has 1 saturated heterocycles. The molecular weight excluding hydrogens is 415 g/mol. The monoisotopic (exact) mass is 444 g/mol. The van der Waals surface area contributed by atoms with E-state index in [1.165, 1.54) is 6.42 Å². The molecule has 134 valence electrons. The first-order chi connectivity index (χ1) is 11.2. The number of benzene rings is 1. The van der Waals surface area contributed by atoms with Crippen LogP contribution in [0.2, 0.25) is 0 Å². The average molecular weight is 444 g/mol. The molecule has 2 rings (SSSR count). The maximum Gasteiger partial charge on any atom is 0.253 e. The molecule has 5 nitrogen and oxygen atoms in total. The lowest BCUT2D eigenvalue weighted by Gasteiger charge is -2.26. The molecule has 2 N–H and O–H groups in total. The van der Waals surface area contributed by atoms with Gasteiger partial charge in [0.05, 0.1) is 6.54 Å². The van der Waals surface area contributed by atoms with Crippen molar-refractivity contribution < 1.29 is 4.79 Å². The third-order valence-electron chi connectivity index (χ3n) is 4.36. The van der Waals surface area contributed by atoms with Gasteiger partial charge >= 0.3 is 0 Å². The zero-order valence-electron chi connectivity index (χ0n) is 14.7. The van der Waals surface area contributed by atoms with Crippen LogP contribution in [0.3, 0.4) is 0 Å². The molecule has 0 atom stereocenters. The summed E-state index contributed by atoms with van der Waals surface area (Å²) < 4.78 is 0. The number of carbonyl (C=O) groups excluding carboxylic acids is 1. The van der Waals surface area contributed by atoms with Crippen molar-refractivity contribution in [1.29, 1.82) is 0 Å². The minimum absolute atomic E-state index is 0. The van der Waals surface area contributed by atoms with E-state index in [1.54, 1.807) is 0 Å². The highest BCUT2D eigenvalue weighted by Gasteiger charge is 2.17. The summed E-state index contributed by atoms with van der Waals surface area (Å²) in [6.07, 6.45) is 3.46. The van der Waals surface area contributed by atoms with Gasteiger partial charge in [-0.15, -0.1) is 24.0 Å². The molecule has 0 bridgehead atoms. The largest absolute Gasteiger partial charge is 0.370 e. The molecule has 1 aliphatic rings. The Balaban J connectivity index is 0.00000288. The number of amides is 1. The van der Waals surface area contributed by atoms with E-state index in [-0.39, 0.29) is 29.9 Å². The number of rotatable bonds is 5. The van der Waals surface area contributed by atoms with E-state index in [0.717, 1.165) is 50.1 Å². The molecule has 0 spiro atoms. The maximum atomic E-state index is 12.4. The van der Waals surface area contributed by atoms with E-state index in [4.69, 9.17) is 5.73 Å². The Kier molecular flexibility index (Phi) is 9.10. The fourth-order valence-electron chi connectivity index (χ4n) is 2.85. The van der Waals surface area contributed by atoms with Crippen molar-refractivity contribution in [3.63, 3.8) is 0 Å². The van der Waals surface area contributed by atoms with Crippen LogP contribution in [0.4, 0.5) is 0 Å². The summed E-state index contributed by atoms with van der Waals surface area (Å²) in [5.74, 6) is 0.714. The van der Waals surface area contributed by atoms with Crippen LogP contribution in [0.15, 0.2) is 29.3 Å². The number of piperidine rings is 1. The molecule has 0 aliphatic carbocycles. The molecule has 1 aromatic rings. The van der Waals surface area contributed by atoms with Crippen LogP contribution in [0, 0.1) is 0 Å². The van der Waals surface area contributed by atoms with Gasteiger partial charge in [-0.2, -0.15) is 0 Å². The highest BCUT2D eigenvalue weighted by atomic mass is 127.